The quantitative estimate of drug-likeness (QED) is 0.608. The van der Waals surface area contributed by atoms with Gasteiger partial charge in [-0.25, -0.2) is 0 Å². The Labute approximate surface area is 131 Å². The van der Waals surface area contributed by atoms with Gasteiger partial charge in [-0.3, -0.25) is 14.4 Å². The molecule has 2 rings (SSSR count). The van der Waals surface area contributed by atoms with Gasteiger partial charge >= 0.3 is 0 Å². The van der Waals surface area contributed by atoms with Gasteiger partial charge in [0.05, 0.1) is 5.56 Å². The van der Waals surface area contributed by atoms with Crippen LogP contribution in [0.25, 0.3) is 0 Å². The van der Waals surface area contributed by atoms with E-state index in [1.54, 1.807) is 26.0 Å². The van der Waals surface area contributed by atoms with Gasteiger partial charge in [-0.1, -0.05) is 26.0 Å². The average molecular weight is 348 g/mol. The molecular weight excluding hydrogens is 334 g/mol. The molecule has 108 valence electrons. The molecular formula is C16H14BrNO3. The summed E-state index contributed by atoms with van der Waals surface area (Å²) in [6.45, 7) is 3.51. The maximum atomic E-state index is 12.6. The molecule has 0 radical (unpaired) electrons. The highest BCUT2D eigenvalue weighted by Crippen LogP contribution is 2.36. The lowest BCUT2D eigenvalue weighted by Gasteiger charge is -2.31. The predicted octanol–water partition coefficient (Wildman–Crippen LogP) is 3.08. The molecule has 1 unspecified atom stereocenters. The zero-order valence-electron chi connectivity index (χ0n) is 11.8. The molecule has 1 fully saturated rings. The second-order valence-corrected chi connectivity index (χ2v) is 6.58. The third-order valence-corrected chi connectivity index (χ3v) is 4.75. The molecule has 0 saturated heterocycles. The summed E-state index contributed by atoms with van der Waals surface area (Å²) >= 11 is 3.21. The Bertz CT molecular complexity index is 685. The van der Waals surface area contributed by atoms with Crippen molar-refractivity contribution in [3.63, 3.8) is 0 Å². The van der Waals surface area contributed by atoms with Crippen LogP contribution in [0.2, 0.25) is 0 Å². The molecule has 4 nitrogen and oxygen atoms in total. The lowest BCUT2D eigenvalue weighted by atomic mass is 9.68. The summed E-state index contributed by atoms with van der Waals surface area (Å²) in [5.74, 6) is -2.45. The number of nitriles is 1. The highest BCUT2D eigenvalue weighted by Gasteiger charge is 2.46. The van der Waals surface area contributed by atoms with Crippen molar-refractivity contribution in [1.29, 1.82) is 5.26 Å². The molecule has 0 bridgehead atoms. The van der Waals surface area contributed by atoms with Crippen LogP contribution in [0.1, 0.15) is 42.6 Å². The minimum atomic E-state index is -1.25. The van der Waals surface area contributed by atoms with Gasteiger partial charge in [0.1, 0.15) is 12.0 Å². The van der Waals surface area contributed by atoms with Crippen molar-refractivity contribution in [3.8, 4) is 6.07 Å². The second kappa shape index (κ2) is 5.53. The number of nitrogens with zero attached hydrogens (tertiary/aromatic N) is 1. The summed E-state index contributed by atoms with van der Waals surface area (Å²) in [6, 6.07) is 6.62. The number of benzene rings is 1. The van der Waals surface area contributed by atoms with Crippen molar-refractivity contribution in [1.82, 2.24) is 0 Å². The van der Waals surface area contributed by atoms with Crippen LogP contribution in [-0.2, 0) is 9.59 Å². The molecule has 21 heavy (non-hydrogen) atoms. The summed E-state index contributed by atoms with van der Waals surface area (Å²) in [6.07, 6.45) is 0.693. The summed E-state index contributed by atoms with van der Waals surface area (Å²) in [4.78, 5) is 37.1. The van der Waals surface area contributed by atoms with E-state index in [-0.39, 0.29) is 23.6 Å². The normalized spacial score (nSPS) is 21.0. The first kappa shape index (κ1) is 15.6. The van der Waals surface area contributed by atoms with Crippen molar-refractivity contribution >= 4 is 33.3 Å². The van der Waals surface area contributed by atoms with Crippen LogP contribution in [-0.4, -0.2) is 17.3 Å². The minimum absolute atomic E-state index is 0.207. The number of halogens is 1. The van der Waals surface area contributed by atoms with Gasteiger partial charge in [-0.05, 0) is 28.4 Å². The van der Waals surface area contributed by atoms with Gasteiger partial charge in [0.15, 0.2) is 17.3 Å². The van der Waals surface area contributed by atoms with E-state index in [1.165, 1.54) is 6.07 Å². The van der Waals surface area contributed by atoms with Crippen LogP contribution < -0.4 is 0 Å². The number of hydrogen-bond donors (Lipinski definition) is 0. The fourth-order valence-corrected chi connectivity index (χ4v) is 3.02. The zero-order valence-corrected chi connectivity index (χ0v) is 13.4. The van der Waals surface area contributed by atoms with Crippen molar-refractivity contribution in [2.24, 2.45) is 11.3 Å². The summed E-state index contributed by atoms with van der Waals surface area (Å²) in [5.41, 5.74) is -0.164. The molecule has 1 aliphatic rings. The monoisotopic (exact) mass is 347 g/mol. The Morgan fingerprint density at radius 2 is 2.05 bits per heavy atom. The highest BCUT2D eigenvalue weighted by atomic mass is 79.9. The largest absolute Gasteiger partial charge is 0.298 e. The molecule has 1 saturated carbocycles. The molecule has 1 atom stereocenters. The smallest absolute Gasteiger partial charge is 0.181 e. The molecule has 0 amide bonds. The van der Waals surface area contributed by atoms with E-state index < -0.39 is 17.1 Å². The first-order chi connectivity index (χ1) is 9.79. The van der Waals surface area contributed by atoms with Gasteiger partial charge in [-0.2, -0.15) is 5.26 Å². The first-order valence-electron chi connectivity index (χ1n) is 6.59. The molecule has 0 aromatic heterocycles. The fourth-order valence-electron chi connectivity index (χ4n) is 2.47. The van der Waals surface area contributed by atoms with E-state index in [4.69, 9.17) is 5.26 Å². The van der Waals surface area contributed by atoms with Crippen LogP contribution in [0.15, 0.2) is 22.7 Å². The molecule has 0 N–H and O–H groups in total. The van der Waals surface area contributed by atoms with Crippen LogP contribution in [0.4, 0.5) is 0 Å². The van der Waals surface area contributed by atoms with E-state index in [0.717, 1.165) is 0 Å². The number of rotatable bonds is 2. The molecule has 1 aromatic carbocycles. The molecule has 0 spiro atoms. The lowest BCUT2D eigenvalue weighted by molar-refractivity contribution is -0.140. The van der Waals surface area contributed by atoms with E-state index in [1.807, 2.05) is 6.07 Å². The topological polar surface area (TPSA) is 75.0 Å². The predicted molar refractivity (Wildman–Crippen MR) is 79.7 cm³/mol. The number of Topliss-reactive ketones (excluding diaryl/α,β-unsaturated/α-hetero) is 3. The zero-order chi connectivity index (χ0) is 15.8. The highest BCUT2D eigenvalue weighted by molar-refractivity contribution is 9.10. The summed E-state index contributed by atoms with van der Waals surface area (Å²) in [7, 11) is 0. The van der Waals surface area contributed by atoms with E-state index in [0.29, 0.717) is 16.5 Å². The average Bonchev–Trinajstić information content (AvgIpc) is 2.44. The van der Waals surface area contributed by atoms with Crippen LogP contribution in [0.3, 0.4) is 0 Å². The Morgan fingerprint density at radius 1 is 1.38 bits per heavy atom. The standard InChI is InChI=1S/C16H14BrNO3/c1-16(2)7-6-11(19)12(15(16)21)14(20)10-5-3-4-9(8-18)13(10)17/h3-5,12H,6-7H2,1-2H3. The second-order valence-electron chi connectivity index (χ2n) is 5.79. The Balaban J connectivity index is 2.47. The van der Waals surface area contributed by atoms with Gasteiger partial charge in [-0.15, -0.1) is 0 Å². The molecule has 0 heterocycles. The van der Waals surface area contributed by atoms with Crippen LogP contribution >= 0.6 is 15.9 Å². The van der Waals surface area contributed by atoms with Gasteiger partial charge in [0.2, 0.25) is 0 Å². The maximum Gasteiger partial charge on any atom is 0.181 e. The van der Waals surface area contributed by atoms with Gasteiger partial charge in [0.25, 0.3) is 0 Å². The molecule has 1 aromatic rings. The molecule has 5 heteroatoms. The summed E-state index contributed by atoms with van der Waals surface area (Å²) in [5, 5.41) is 9.00. The van der Waals surface area contributed by atoms with Crippen LogP contribution in [0.5, 0.6) is 0 Å². The third kappa shape index (κ3) is 2.68. The Hall–Kier alpha value is -1.80. The minimum Gasteiger partial charge on any atom is -0.298 e. The van der Waals surface area contributed by atoms with Crippen molar-refractivity contribution in [2.45, 2.75) is 26.7 Å². The maximum absolute atomic E-state index is 12.6. The van der Waals surface area contributed by atoms with E-state index in [9.17, 15) is 14.4 Å². The summed E-state index contributed by atoms with van der Waals surface area (Å²) < 4.78 is 0.335. The fraction of sp³-hybridized carbons (Fsp3) is 0.375. The number of carbonyl (C=O) groups excluding carboxylic acids is 3. The number of carbonyl (C=O) groups is 3. The Morgan fingerprint density at radius 3 is 2.67 bits per heavy atom. The van der Waals surface area contributed by atoms with Crippen LogP contribution in [0, 0.1) is 22.7 Å². The SMILES string of the molecule is CC1(C)CCC(=O)C(C(=O)c2cccc(C#N)c2Br)C1=O. The molecule has 0 aliphatic heterocycles. The Kier molecular flexibility index (Phi) is 4.11. The van der Waals surface area contributed by atoms with Crippen molar-refractivity contribution in [3.05, 3.63) is 33.8 Å². The first-order valence-corrected chi connectivity index (χ1v) is 7.39. The number of hydrogen-bond acceptors (Lipinski definition) is 4. The van der Waals surface area contributed by atoms with E-state index in [2.05, 4.69) is 15.9 Å². The van der Waals surface area contributed by atoms with Gasteiger partial charge < -0.3 is 0 Å². The van der Waals surface area contributed by atoms with Crippen molar-refractivity contribution in [2.75, 3.05) is 0 Å². The van der Waals surface area contributed by atoms with E-state index >= 15 is 0 Å². The van der Waals surface area contributed by atoms with Gasteiger partial charge in [0, 0.05) is 21.9 Å². The van der Waals surface area contributed by atoms with Crippen molar-refractivity contribution < 1.29 is 14.4 Å². The lowest BCUT2D eigenvalue weighted by Crippen LogP contribution is -2.44. The third-order valence-electron chi connectivity index (χ3n) is 3.89. The number of ketones is 3. The molecule has 1 aliphatic carbocycles.